The van der Waals surface area contributed by atoms with Crippen molar-refractivity contribution in [2.75, 3.05) is 13.1 Å². The van der Waals surface area contributed by atoms with Crippen molar-refractivity contribution in [2.24, 2.45) is 0 Å². The Balaban J connectivity index is 2.43. The summed E-state index contributed by atoms with van der Waals surface area (Å²) in [5.41, 5.74) is -0.692. The molecular formula is C12H22N2O4. The van der Waals surface area contributed by atoms with E-state index in [4.69, 9.17) is 5.11 Å². The number of rotatable bonds is 4. The zero-order valence-corrected chi connectivity index (χ0v) is 11.0. The molecule has 0 radical (unpaired) electrons. The molecule has 0 bridgehead atoms. The molecule has 1 aliphatic heterocycles. The lowest BCUT2D eigenvalue weighted by atomic mass is 9.94. The Morgan fingerprint density at radius 1 is 1.39 bits per heavy atom. The van der Waals surface area contributed by atoms with E-state index in [1.165, 1.54) is 0 Å². The molecule has 1 heterocycles. The summed E-state index contributed by atoms with van der Waals surface area (Å²) in [6, 6.07) is -0.573. The fourth-order valence-electron chi connectivity index (χ4n) is 1.97. The smallest absolute Gasteiger partial charge is 0.317 e. The molecule has 0 aromatic carbocycles. The highest BCUT2D eigenvalue weighted by molar-refractivity contribution is 5.76. The van der Waals surface area contributed by atoms with E-state index in [0.717, 1.165) is 0 Å². The molecule has 6 nitrogen and oxygen atoms in total. The first-order valence-corrected chi connectivity index (χ1v) is 6.33. The molecule has 0 aromatic rings. The molecule has 0 saturated carbocycles. The summed E-state index contributed by atoms with van der Waals surface area (Å²) < 4.78 is 0. The number of nitrogens with zero attached hydrogens (tertiary/aromatic N) is 1. The van der Waals surface area contributed by atoms with Gasteiger partial charge in [0.1, 0.15) is 0 Å². The molecule has 1 fully saturated rings. The molecule has 0 aromatic heterocycles. The number of carbonyl (C=O) groups is 2. The van der Waals surface area contributed by atoms with Crippen molar-refractivity contribution >= 4 is 12.0 Å². The van der Waals surface area contributed by atoms with Gasteiger partial charge in [0, 0.05) is 19.1 Å². The van der Waals surface area contributed by atoms with Gasteiger partial charge in [-0.05, 0) is 26.2 Å². The molecule has 1 unspecified atom stereocenters. The lowest BCUT2D eigenvalue weighted by molar-refractivity contribution is -0.137. The first-order valence-electron chi connectivity index (χ1n) is 6.33. The third kappa shape index (κ3) is 4.52. The highest BCUT2D eigenvalue weighted by Crippen LogP contribution is 2.21. The predicted octanol–water partition coefficient (Wildman–Crippen LogP) is 0.796. The average molecular weight is 258 g/mol. The first kappa shape index (κ1) is 14.8. The van der Waals surface area contributed by atoms with Gasteiger partial charge in [-0.1, -0.05) is 6.92 Å². The number of likely N-dealkylation sites (tertiary alicyclic amines) is 1. The van der Waals surface area contributed by atoms with Crippen molar-refractivity contribution in [3.8, 4) is 0 Å². The number of amides is 2. The highest BCUT2D eigenvalue weighted by Gasteiger charge is 2.30. The maximum absolute atomic E-state index is 11.9. The normalized spacial score (nSPS) is 20.3. The summed E-state index contributed by atoms with van der Waals surface area (Å²) in [6.07, 6.45) is 1.63. The van der Waals surface area contributed by atoms with Crippen molar-refractivity contribution in [1.29, 1.82) is 0 Å². The van der Waals surface area contributed by atoms with E-state index in [-0.39, 0.29) is 18.5 Å². The van der Waals surface area contributed by atoms with Gasteiger partial charge in [-0.3, -0.25) is 4.79 Å². The summed E-state index contributed by atoms with van der Waals surface area (Å²) in [4.78, 5) is 24.1. The van der Waals surface area contributed by atoms with Gasteiger partial charge in [0.05, 0.1) is 12.0 Å². The van der Waals surface area contributed by atoms with Crippen LogP contribution in [0.15, 0.2) is 0 Å². The van der Waals surface area contributed by atoms with Crippen LogP contribution in [0.25, 0.3) is 0 Å². The second-order valence-corrected chi connectivity index (χ2v) is 5.14. The summed E-state index contributed by atoms with van der Waals surface area (Å²) in [7, 11) is 0. The van der Waals surface area contributed by atoms with Gasteiger partial charge in [0.15, 0.2) is 0 Å². The van der Waals surface area contributed by atoms with Crippen LogP contribution >= 0.6 is 0 Å². The van der Waals surface area contributed by atoms with Crippen molar-refractivity contribution < 1.29 is 19.8 Å². The quantitative estimate of drug-likeness (QED) is 0.695. The number of piperidine rings is 1. The Kier molecular flexibility index (Phi) is 4.95. The maximum Gasteiger partial charge on any atom is 0.317 e. The van der Waals surface area contributed by atoms with Gasteiger partial charge < -0.3 is 20.4 Å². The van der Waals surface area contributed by atoms with Gasteiger partial charge >= 0.3 is 12.0 Å². The zero-order valence-electron chi connectivity index (χ0n) is 11.0. The third-order valence-electron chi connectivity index (χ3n) is 3.37. The number of urea groups is 1. The van der Waals surface area contributed by atoms with Crippen LogP contribution in [-0.4, -0.2) is 51.8 Å². The summed E-state index contributed by atoms with van der Waals surface area (Å²) in [5, 5.41) is 21.2. The topological polar surface area (TPSA) is 89.9 Å². The summed E-state index contributed by atoms with van der Waals surface area (Å²) in [6.45, 7) is 4.61. The number of aliphatic carboxylic acids is 1. The molecule has 2 amide bonds. The van der Waals surface area contributed by atoms with E-state index >= 15 is 0 Å². The number of nitrogens with one attached hydrogen (secondary N) is 1. The van der Waals surface area contributed by atoms with Crippen LogP contribution in [0.4, 0.5) is 4.79 Å². The van der Waals surface area contributed by atoms with Crippen LogP contribution in [0.1, 0.15) is 39.5 Å². The summed E-state index contributed by atoms with van der Waals surface area (Å²) >= 11 is 0. The maximum atomic E-state index is 11.9. The lowest BCUT2D eigenvalue weighted by Crippen LogP contribution is -2.51. The predicted molar refractivity (Wildman–Crippen MR) is 66.3 cm³/mol. The minimum absolute atomic E-state index is 0.0617. The Hall–Kier alpha value is -1.30. The molecule has 18 heavy (non-hydrogen) atoms. The van der Waals surface area contributed by atoms with Crippen LogP contribution in [0.5, 0.6) is 0 Å². The Morgan fingerprint density at radius 3 is 2.39 bits per heavy atom. The molecule has 1 atom stereocenters. The second kappa shape index (κ2) is 6.04. The number of carboxylic acid groups (broad SMARTS) is 1. The van der Waals surface area contributed by atoms with Crippen LogP contribution in [0.2, 0.25) is 0 Å². The molecule has 3 N–H and O–H groups in total. The standard InChI is InChI=1S/C12H22N2O4/c1-3-9(8-10(15)16)13-11(17)14-6-4-12(2,18)5-7-14/h9,18H,3-8H2,1-2H3,(H,13,17)(H,15,16). The van der Waals surface area contributed by atoms with E-state index in [1.54, 1.807) is 11.8 Å². The monoisotopic (exact) mass is 258 g/mol. The van der Waals surface area contributed by atoms with Crippen LogP contribution in [0, 0.1) is 0 Å². The largest absolute Gasteiger partial charge is 0.481 e. The Labute approximate surface area is 107 Å². The molecule has 1 aliphatic rings. The Bertz CT molecular complexity index is 307. The number of hydrogen-bond donors (Lipinski definition) is 3. The van der Waals surface area contributed by atoms with Crippen LogP contribution in [-0.2, 0) is 4.79 Å². The number of hydrogen-bond acceptors (Lipinski definition) is 3. The van der Waals surface area contributed by atoms with E-state index in [2.05, 4.69) is 5.32 Å². The van der Waals surface area contributed by atoms with Gasteiger partial charge in [0.25, 0.3) is 0 Å². The average Bonchev–Trinajstić information content (AvgIpc) is 2.27. The first-order chi connectivity index (χ1) is 8.34. The third-order valence-corrected chi connectivity index (χ3v) is 3.37. The zero-order chi connectivity index (χ0) is 13.8. The molecule has 104 valence electrons. The van der Waals surface area contributed by atoms with Crippen LogP contribution < -0.4 is 5.32 Å². The number of aliphatic hydroxyl groups is 1. The van der Waals surface area contributed by atoms with Crippen molar-refractivity contribution in [3.05, 3.63) is 0 Å². The van der Waals surface area contributed by atoms with E-state index in [1.807, 2.05) is 6.92 Å². The van der Waals surface area contributed by atoms with Gasteiger partial charge in [-0.2, -0.15) is 0 Å². The Morgan fingerprint density at radius 2 is 1.94 bits per heavy atom. The fourth-order valence-corrected chi connectivity index (χ4v) is 1.97. The lowest BCUT2D eigenvalue weighted by Gasteiger charge is -2.36. The van der Waals surface area contributed by atoms with E-state index in [9.17, 15) is 14.7 Å². The fraction of sp³-hybridized carbons (Fsp3) is 0.833. The van der Waals surface area contributed by atoms with Crippen molar-refractivity contribution in [1.82, 2.24) is 10.2 Å². The van der Waals surface area contributed by atoms with E-state index < -0.39 is 11.6 Å². The van der Waals surface area contributed by atoms with Crippen LogP contribution in [0.3, 0.4) is 0 Å². The number of carbonyl (C=O) groups excluding carboxylic acids is 1. The second-order valence-electron chi connectivity index (χ2n) is 5.14. The molecule has 6 heteroatoms. The summed E-state index contributed by atoms with van der Waals surface area (Å²) in [5.74, 6) is -0.913. The van der Waals surface area contributed by atoms with Crippen molar-refractivity contribution in [2.45, 2.75) is 51.2 Å². The molecule has 0 aliphatic carbocycles. The molecule has 1 saturated heterocycles. The van der Waals surface area contributed by atoms with Crippen molar-refractivity contribution in [3.63, 3.8) is 0 Å². The molecule has 0 spiro atoms. The van der Waals surface area contributed by atoms with E-state index in [0.29, 0.717) is 32.4 Å². The number of carboxylic acids is 1. The van der Waals surface area contributed by atoms with Gasteiger partial charge in [-0.25, -0.2) is 4.79 Å². The highest BCUT2D eigenvalue weighted by atomic mass is 16.4. The van der Waals surface area contributed by atoms with Gasteiger partial charge in [-0.15, -0.1) is 0 Å². The SMILES string of the molecule is CCC(CC(=O)O)NC(=O)N1CCC(C)(O)CC1. The minimum atomic E-state index is -0.913. The minimum Gasteiger partial charge on any atom is -0.481 e. The molecule has 1 rings (SSSR count). The molecular weight excluding hydrogens is 236 g/mol. The van der Waals surface area contributed by atoms with Gasteiger partial charge in [0.2, 0.25) is 0 Å².